The Morgan fingerprint density at radius 2 is 1.02 bits per heavy atom. The summed E-state index contributed by atoms with van der Waals surface area (Å²) in [6.07, 6.45) is -7.82. The molecule has 2 heterocycles. The summed E-state index contributed by atoms with van der Waals surface area (Å²) in [5, 5.41) is 21.9. The minimum atomic E-state index is -1.24. The molecule has 6 rings (SSSR count). The maximum atomic E-state index is 11.4. The molecular weight excluding hydrogens is 704 g/mol. The van der Waals surface area contributed by atoms with Gasteiger partial charge in [-0.2, -0.15) is 0 Å². The molecule has 11 nitrogen and oxygen atoms in total. The highest BCUT2D eigenvalue weighted by Gasteiger charge is 2.53. The molecule has 0 aromatic heterocycles. The first-order valence-corrected chi connectivity index (χ1v) is 18.7. The fourth-order valence-electron chi connectivity index (χ4n) is 6.75. The Hall–Kier alpha value is -3.82. The van der Waals surface area contributed by atoms with Crippen molar-refractivity contribution in [1.82, 2.24) is 0 Å². The maximum absolute atomic E-state index is 11.4. The van der Waals surface area contributed by atoms with Crippen LogP contribution < -0.4 is 0 Å². The number of methoxy groups -OCH3 is 1. The first-order chi connectivity index (χ1) is 27.1. The van der Waals surface area contributed by atoms with Crippen LogP contribution >= 0.6 is 0 Å². The molecule has 2 aliphatic rings. The zero-order chi connectivity index (χ0) is 38.2. The van der Waals surface area contributed by atoms with E-state index in [0.29, 0.717) is 6.61 Å². The van der Waals surface area contributed by atoms with E-state index in [1.165, 1.54) is 0 Å². The van der Waals surface area contributed by atoms with E-state index in [1.807, 2.05) is 121 Å². The first kappa shape index (κ1) is 40.8. The molecule has 11 heteroatoms. The van der Waals surface area contributed by atoms with Crippen LogP contribution in [0, 0.1) is 0 Å². The van der Waals surface area contributed by atoms with Gasteiger partial charge in [-0.15, -0.1) is 6.58 Å². The molecule has 2 N–H and O–H groups in total. The van der Waals surface area contributed by atoms with Gasteiger partial charge in [-0.25, -0.2) is 0 Å². The summed E-state index contributed by atoms with van der Waals surface area (Å²) in [5.74, 6) is 0. The molecule has 2 fully saturated rings. The fourth-order valence-corrected chi connectivity index (χ4v) is 6.75. The third-order valence-corrected chi connectivity index (χ3v) is 9.57. The van der Waals surface area contributed by atoms with Gasteiger partial charge in [-0.1, -0.05) is 127 Å². The van der Waals surface area contributed by atoms with Crippen LogP contribution in [0.1, 0.15) is 22.3 Å². The van der Waals surface area contributed by atoms with Crippen molar-refractivity contribution in [2.75, 3.05) is 26.9 Å². The molecule has 0 radical (unpaired) electrons. The SMILES string of the molecule is C=CCO[C@H]1[C@H](O[C@H]2[C@H](OCc3ccccc3)[C@@H](OCc3ccccc3)[C@H](OC)O[C@@H]2COCc2ccccc2)O[C@H](CO)[C@H](O)[C@@H]1OCc1ccccc1. The van der Waals surface area contributed by atoms with Gasteiger partial charge < -0.3 is 52.8 Å². The van der Waals surface area contributed by atoms with Crippen LogP contribution in [0.5, 0.6) is 0 Å². The zero-order valence-electron chi connectivity index (χ0n) is 31.1. The molecule has 4 aromatic carbocycles. The zero-order valence-corrected chi connectivity index (χ0v) is 31.1. The van der Waals surface area contributed by atoms with Gasteiger partial charge in [0, 0.05) is 7.11 Å². The smallest absolute Gasteiger partial charge is 0.187 e. The average molecular weight is 757 g/mol. The number of aliphatic hydroxyl groups is 2. The summed E-state index contributed by atoms with van der Waals surface area (Å²) in [4.78, 5) is 0. The highest BCUT2D eigenvalue weighted by atomic mass is 16.8. The monoisotopic (exact) mass is 756 g/mol. The van der Waals surface area contributed by atoms with Crippen LogP contribution in [0.3, 0.4) is 0 Å². The Morgan fingerprint density at radius 3 is 1.51 bits per heavy atom. The van der Waals surface area contributed by atoms with Crippen LogP contribution in [0.15, 0.2) is 134 Å². The Balaban J connectivity index is 1.33. The molecule has 4 aromatic rings. The van der Waals surface area contributed by atoms with Crippen molar-refractivity contribution in [2.24, 2.45) is 0 Å². The molecule has 0 amide bonds. The van der Waals surface area contributed by atoms with Gasteiger partial charge in [0.05, 0.1) is 46.2 Å². The molecule has 2 aliphatic heterocycles. The van der Waals surface area contributed by atoms with E-state index in [-0.39, 0.29) is 33.0 Å². The Bertz CT molecular complexity index is 1650. The quantitative estimate of drug-likeness (QED) is 0.113. The van der Waals surface area contributed by atoms with Gasteiger partial charge in [-0.3, -0.25) is 0 Å². The Labute approximate surface area is 323 Å². The second-order valence-corrected chi connectivity index (χ2v) is 13.5. The average Bonchev–Trinajstić information content (AvgIpc) is 3.23. The van der Waals surface area contributed by atoms with Crippen molar-refractivity contribution in [1.29, 1.82) is 0 Å². The molecule has 55 heavy (non-hydrogen) atoms. The molecule has 10 atom stereocenters. The van der Waals surface area contributed by atoms with Gasteiger partial charge in [-0.05, 0) is 22.3 Å². The van der Waals surface area contributed by atoms with E-state index in [4.69, 9.17) is 42.6 Å². The van der Waals surface area contributed by atoms with Gasteiger partial charge in [0.15, 0.2) is 12.6 Å². The number of ether oxygens (including phenoxy) is 9. The summed E-state index contributed by atoms with van der Waals surface area (Å²) in [7, 11) is 1.56. The standard InChI is InChI=1S/C44H52O11/c1-3-24-49-41-39(50-27-32-18-10-5-11-19-32)37(46)35(25-45)53-44(41)55-38-36(30-48-26-31-16-8-4-9-17-31)54-43(47-2)42(52-29-34-22-14-7-15-23-34)40(38)51-28-33-20-12-6-13-21-33/h3-23,35-46H,1,24-30H2,2H3/t35-,36-,37+,38-,39+,40+,41-,42-,43-,44+/m1/s1. The lowest BCUT2D eigenvalue weighted by molar-refractivity contribution is -0.371. The predicted molar refractivity (Wildman–Crippen MR) is 203 cm³/mol. The lowest BCUT2D eigenvalue weighted by atomic mass is 9.96. The minimum absolute atomic E-state index is 0.0981. The van der Waals surface area contributed by atoms with Gasteiger partial charge >= 0.3 is 0 Å². The molecular formula is C44H52O11. The molecule has 2 saturated heterocycles. The number of benzene rings is 4. The molecule has 0 spiro atoms. The van der Waals surface area contributed by atoms with Crippen LogP contribution in [0.25, 0.3) is 0 Å². The largest absolute Gasteiger partial charge is 0.394 e. The molecule has 0 unspecified atom stereocenters. The lowest BCUT2D eigenvalue weighted by Crippen LogP contribution is -2.66. The molecule has 0 aliphatic carbocycles. The number of hydrogen-bond donors (Lipinski definition) is 2. The summed E-state index contributed by atoms with van der Waals surface area (Å²) in [6, 6.07) is 39.1. The van der Waals surface area contributed by atoms with Gasteiger partial charge in [0.1, 0.15) is 48.8 Å². The summed E-state index contributed by atoms with van der Waals surface area (Å²) < 4.78 is 58.0. The van der Waals surface area contributed by atoms with Crippen molar-refractivity contribution >= 4 is 0 Å². The summed E-state index contributed by atoms with van der Waals surface area (Å²) >= 11 is 0. The third kappa shape index (κ3) is 11.4. The minimum Gasteiger partial charge on any atom is -0.394 e. The Kier molecular flexibility index (Phi) is 15.9. The van der Waals surface area contributed by atoms with Crippen molar-refractivity contribution in [3.63, 3.8) is 0 Å². The van der Waals surface area contributed by atoms with Crippen LogP contribution in [0.2, 0.25) is 0 Å². The van der Waals surface area contributed by atoms with E-state index >= 15 is 0 Å². The van der Waals surface area contributed by atoms with Crippen LogP contribution in [0.4, 0.5) is 0 Å². The van der Waals surface area contributed by atoms with Crippen molar-refractivity contribution < 1.29 is 52.8 Å². The van der Waals surface area contributed by atoms with E-state index in [0.717, 1.165) is 22.3 Å². The highest BCUT2D eigenvalue weighted by molar-refractivity contribution is 5.16. The highest BCUT2D eigenvalue weighted by Crippen LogP contribution is 2.35. The second-order valence-electron chi connectivity index (χ2n) is 13.5. The van der Waals surface area contributed by atoms with Crippen molar-refractivity contribution in [3.05, 3.63) is 156 Å². The van der Waals surface area contributed by atoms with E-state index in [1.54, 1.807) is 13.2 Å². The fraction of sp³-hybridized carbons (Fsp3) is 0.409. The summed E-state index contributed by atoms with van der Waals surface area (Å²) in [5.41, 5.74) is 3.79. The van der Waals surface area contributed by atoms with E-state index in [9.17, 15) is 10.2 Å². The van der Waals surface area contributed by atoms with E-state index in [2.05, 4.69) is 6.58 Å². The van der Waals surface area contributed by atoms with Crippen molar-refractivity contribution in [3.8, 4) is 0 Å². The maximum Gasteiger partial charge on any atom is 0.187 e. The number of rotatable bonds is 20. The lowest BCUT2D eigenvalue weighted by Gasteiger charge is -2.49. The normalized spacial score (nSPS) is 28.1. The molecule has 0 saturated carbocycles. The van der Waals surface area contributed by atoms with Crippen molar-refractivity contribution in [2.45, 2.75) is 87.8 Å². The summed E-state index contributed by atoms with van der Waals surface area (Å²) in [6.45, 7) is 4.53. The van der Waals surface area contributed by atoms with E-state index < -0.39 is 68.0 Å². The first-order valence-electron chi connectivity index (χ1n) is 18.7. The van der Waals surface area contributed by atoms with Gasteiger partial charge in [0.25, 0.3) is 0 Å². The number of aliphatic hydroxyl groups excluding tert-OH is 2. The molecule has 0 bridgehead atoms. The second kappa shape index (κ2) is 21.5. The molecule has 294 valence electrons. The predicted octanol–water partition coefficient (Wildman–Crippen LogP) is 5.37. The topological polar surface area (TPSA) is 124 Å². The third-order valence-electron chi connectivity index (χ3n) is 9.57. The van der Waals surface area contributed by atoms with Crippen LogP contribution in [-0.4, -0.2) is 98.6 Å². The Morgan fingerprint density at radius 1 is 0.564 bits per heavy atom. The van der Waals surface area contributed by atoms with Gasteiger partial charge in [0.2, 0.25) is 0 Å². The number of hydrogen-bond acceptors (Lipinski definition) is 11. The van der Waals surface area contributed by atoms with Crippen LogP contribution in [-0.2, 0) is 69.1 Å².